The number of benzene rings is 1. The van der Waals surface area contributed by atoms with Gasteiger partial charge in [0.1, 0.15) is 6.61 Å². The highest BCUT2D eigenvalue weighted by atomic mass is 16.5. The lowest BCUT2D eigenvalue weighted by molar-refractivity contribution is -0.0271. The SMILES string of the molecule is CCc1ccc(OCC(C)(O)C(C)C)c(OC)c1. The molecular weight excluding hydrogens is 228 g/mol. The van der Waals surface area contributed by atoms with Crippen LogP contribution >= 0.6 is 0 Å². The van der Waals surface area contributed by atoms with Gasteiger partial charge in [-0.1, -0.05) is 26.8 Å². The van der Waals surface area contributed by atoms with Crippen molar-refractivity contribution in [2.75, 3.05) is 13.7 Å². The molecule has 0 amide bonds. The first kappa shape index (κ1) is 14.8. The summed E-state index contributed by atoms with van der Waals surface area (Å²) in [5, 5.41) is 10.2. The third kappa shape index (κ3) is 3.64. The van der Waals surface area contributed by atoms with Crippen LogP contribution in [0, 0.1) is 5.92 Å². The second-order valence-corrected chi connectivity index (χ2v) is 5.14. The molecule has 0 aliphatic carbocycles. The fraction of sp³-hybridized carbons (Fsp3) is 0.600. The topological polar surface area (TPSA) is 38.7 Å². The van der Waals surface area contributed by atoms with Crippen molar-refractivity contribution in [1.29, 1.82) is 0 Å². The summed E-state index contributed by atoms with van der Waals surface area (Å²) in [5.41, 5.74) is 0.365. The quantitative estimate of drug-likeness (QED) is 0.845. The van der Waals surface area contributed by atoms with Crippen molar-refractivity contribution in [2.24, 2.45) is 5.92 Å². The van der Waals surface area contributed by atoms with Crippen LogP contribution < -0.4 is 9.47 Å². The average Bonchev–Trinajstić information content (AvgIpc) is 2.35. The molecule has 0 aromatic heterocycles. The minimum absolute atomic E-state index is 0.137. The second kappa shape index (κ2) is 6.10. The van der Waals surface area contributed by atoms with E-state index in [0.29, 0.717) is 11.5 Å². The fourth-order valence-corrected chi connectivity index (χ4v) is 1.44. The van der Waals surface area contributed by atoms with E-state index in [2.05, 4.69) is 6.92 Å². The van der Waals surface area contributed by atoms with Crippen LogP contribution in [-0.4, -0.2) is 24.4 Å². The van der Waals surface area contributed by atoms with Gasteiger partial charge < -0.3 is 14.6 Å². The molecule has 0 aliphatic rings. The van der Waals surface area contributed by atoms with Crippen LogP contribution in [0.5, 0.6) is 11.5 Å². The van der Waals surface area contributed by atoms with E-state index in [1.807, 2.05) is 32.0 Å². The minimum atomic E-state index is -0.839. The molecule has 1 aromatic rings. The van der Waals surface area contributed by atoms with Gasteiger partial charge in [-0.2, -0.15) is 0 Å². The Balaban J connectivity index is 2.79. The van der Waals surface area contributed by atoms with E-state index in [-0.39, 0.29) is 12.5 Å². The molecule has 0 saturated carbocycles. The summed E-state index contributed by atoms with van der Waals surface area (Å²) in [4.78, 5) is 0. The number of hydrogen-bond donors (Lipinski definition) is 1. The van der Waals surface area contributed by atoms with Gasteiger partial charge in [0, 0.05) is 0 Å². The van der Waals surface area contributed by atoms with Gasteiger partial charge in [0.15, 0.2) is 11.5 Å². The summed E-state index contributed by atoms with van der Waals surface area (Å²) in [6, 6.07) is 5.88. The van der Waals surface area contributed by atoms with E-state index in [1.54, 1.807) is 14.0 Å². The van der Waals surface area contributed by atoms with Gasteiger partial charge in [0.05, 0.1) is 12.7 Å². The fourth-order valence-electron chi connectivity index (χ4n) is 1.44. The number of ether oxygens (including phenoxy) is 2. The van der Waals surface area contributed by atoms with Gasteiger partial charge in [0.25, 0.3) is 0 Å². The average molecular weight is 252 g/mol. The third-order valence-corrected chi connectivity index (χ3v) is 3.40. The van der Waals surface area contributed by atoms with Crippen LogP contribution in [0.3, 0.4) is 0 Å². The van der Waals surface area contributed by atoms with Gasteiger partial charge in [0.2, 0.25) is 0 Å². The van der Waals surface area contributed by atoms with E-state index < -0.39 is 5.60 Å². The maximum absolute atomic E-state index is 10.2. The standard InChI is InChI=1S/C15H24O3/c1-6-12-7-8-13(14(9-12)17-5)18-10-15(4,16)11(2)3/h7-9,11,16H,6,10H2,1-5H3. The zero-order valence-corrected chi connectivity index (χ0v) is 12.0. The lowest BCUT2D eigenvalue weighted by atomic mass is 9.94. The van der Waals surface area contributed by atoms with Crippen LogP contribution in [0.1, 0.15) is 33.3 Å². The summed E-state index contributed by atoms with van der Waals surface area (Å²) in [6.07, 6.45) is 0.959. The molecule has 1 aromatic carbocycles. The van der Waals surface area contributed by atoms with Crippen molar-refractivity contribution in [1.82, 2.24) is 0 Å². The maximum Gasteiger partial charge on any atom is 0.161 e. The van der Waals surface area contributed by atoms with E-state index >= 15 is 0 Å². The van der Waals surface area contributed by atoms with E-state index in [9.17, 15) is 5.11 Å². The Hall–Kier alpha value is -1.22. The molecule has 0 heterocycles. The third-order valence-electron chi connectivity index (χ3n) is 3.40. The van der Waals surface area contributed by atoms with Crippen molar-refractivity contribution in [3.63, 3.8) is 0 Å². The van der Waals surface area contributed by atoms with Crippen LogP contribution in [0.25, 0.3) is 0 Å². The van der Waals surface area contributed by atoms with Gasteiger partial charge in [-0.25, -0.2) is 0 Å². The molecule has 0 spiro atoms. The Bertz CT molecular complexity index is 383. The van der Waals surface area contributed by atoms with Gasteiger partial charge in [-0.05, 0) is 37.0 Å². The smallest absolute Gasteiger partial charge is 0.161 e. The Morgan fingerprint density at radius 1 is 1.28 bits per heavy atom. The van der Waals surface area contributed by atoms with Crippen LogP contribution in [0.15, 0.2) is 18.2 Å². The van der Waals surface area contributed by atoms with Crippen molar-refractivity contribution >= 4 is 0 Å². The van der Waals surface area contributed by atoms with Crippen molar-refractivity contribution < 1.29 is 14.6 Å². The molecule has 1 N–H and O–H groups in total. The minimum Gasteiger partial charge on any atom is -0.493 e. The highest BCUT2D eigenvalue weighted by Crippen LogP contribution is 2.29. The summed E-state index contributed by atoms with van der Waals surface area (Å²) in [5.74, 6) is 1.53. The molecule has 1 rings (SSSR count). The Morgan fingerprint density at radius 3 is 2.44 bits per heavy atom. The zero-order valence-electron chi connectivity index (χ0n) is 12.0. The van der Waals surface area contributed by atoms with E-state index in [1.165, 1.54) is 5.56 Å². The highest BCUT2D eigenvalue weighted by molar-refractivity contribution is 5.43. The molecule has 0 bridgehead atoms. The van der Waals surface area contributed by atoms with Gasteiger partial charge in [-0.3, -0.25) is 0 Å². The van der Waals surface area contributed by atoms with E-state index in [0.717, 1.165) is 6.42 Å². The number of aliphatic hydroxyl groups is 1. The zero-order chi connectivity index (χ0) is 13.8. The van der Waals surface area contributed by atoms with Gasteiger partial charge >= 0.3 is 0 Å². The summed E-state index contributed by atoms with van der Waals surface area (Å²) in [6.45, 7) is 8.08. The maximum atomic E-state index is 10.2. The molecule has 3 nitrogen and oxygen atoms in total. The predicted molar refractivity (Wildman–Crippen MR) is 73.3 cm³/mol. The van der Waals surface area contributed by atoms with Crippen molar-refractivity contribution in [2.45, 2.75) is 39.7 Å². The molecule has 0 fully saturated rings. The molecule has 18 heavy (non-hydrogen) atoms. The van der Waals surface area contributed by atoms with E-state index in [4.69, 9.17) is 9.47 Å². The van der Waals surface area contributed by atoms with Crippen LogP contribution in [0.2, 0.25) is 0 Å². The molecule has 3 heteroatoms. The largest absolute Gasteiger partial charge is 0.493 e. The Labute approximate surface area is 110 Å². The first-order valence-corrected chi connectivity index (χ1v) is 6.42. The normalized spacial score (nSPS) is 14.4. The Morgan fingerprint density at radius 2 is 1.94 bits per heavy atom. The lowest BCUT2D eigenvalue weighted by Crippen LogP contribution is -2.37. The lowest BCUT2D eigenvalue weighted by Gasteiger charge is -2.27. The second-order valence-electron chi connectivity index (χ2n) is 5.14. The number of hydrogen-bond acceptors (Lipinski definition) is 3. The van der Waals surface area contributed by atoms with Crippen LogP contribution in [-0.2, 0) is 6.42 Å². The van der Waals surface area contributed by atoms with Crippen molar-refractivity contribution in [3.05, 3.63) is 23.8 Å². The monoisotopic (exact) mass is 252 g/mol. The first-order valence-electron chi connectivity index (χ1n) is 6.42. The van der Waals surface area contributed by atoms with Crippen molar-refractivity contribution in [3.8, 4) is 11.5 Å². The number of methoxy groups -OCH3 is 1. The summed E-state index contributed by atoms with van der Waals surface area (Å²) < 4.78 is 11.0. The number of rotatable bonds is 6. The first-order chi connectivity index (χ1) is 8.40. The number of aryl methyl sites for hydroxylation is 1. The molecule has 1 atom stereocenters. The van der Waals surface area contributed by atoms with Crippen LogP contribution in [0.4, 0.5) is 0 Å². The summed E-state index contributed by atoms with van der Waals surface area (Å²) in [7, 11) is 1.63. The molecule has 0 saturated heterocycles. The van der Waals surface area contributed by atoms with Gasteiger partial charge in [-0.15, -0.1) is 0 Å². The predicted octanol–water partition coefficient (Wildman–Crippen LogP) is 3.04. The molecule has 0 radical (unpaired) electrons. The molecule has 0 aliphatic heterocycles. The summed E-state index contributed by atoms with van der Waals surface area (Å²) >= 11 is 0. The molecule has 1 unspecified atom stereocenters. The molecule has 102 valence electrons. The highest BCUT2D eigenvalue weighted by Gasteiger charge is 2.26. The molecular formula is C15H24O3. The Kier molecular flexibility index (Phi) is 5.03.